The predicted octanol–water partition coefficient (Wildman–Crippen LogP) is 5.54. The van der Waals surface area contributed by atoms with E-state index in [9.17, 15) is 0 Å². The molecule has 0 fully saturated rings. The number of aryl methyl sites for hydroxylation is 1. The Morgan fingerprint density at radius 1 is 0.615 bits per heavy atom. The quantitative estimate of drug-likeness (QED) is 0.224. The normalized spacial score (nSPS) is 15.0. The average molecular weight is 732 g/mol. The Morgan fingerprint density at radius 2 is 1.37 bits per heavy atom. The van der Waals surface area contributed by atoms with Crippen molar-refractivity contribution in [2.24, 2.45) is 0 Å². The molecule has 0 unspecified atom stereocenters. The van der Waals surface area contributed by atoms with Gasteiger partial charge in [0.05, 0.1) is 0 Å². The Balaban J connectivity index is 1.22. The number of para-hydroxylation sites is 1. The summed E-state index contributed by atoms with van der Waals surface area (Å²) in [7, 11) is 0. The number of fused-ring (bicyclic) bond motifs is 7. The van der Waals surface area contributed by atoms with Crippen LogP contribution in [0.15, 0.2) is 152 Å². The first-order valence-corrected chi connectivity index (χ1v) is 20.0. The second-order valence-corrected chi connectivity index (χ2v) is 16.5. The Hall–Kier alpha value is -5.55. The van der Waals surface area contributed by atoms with Gasteiger partial charge in [0.15, 0.2) is 0 Å². The number of benzene rings is 6. The first-order chi connectivity index (χ1) is 25.8. The number of aromatic nitrogens is 4. The second kappa shape index (κ2) is 11.7. The summed E-state index contributed by atoms with van der Waals surface area (Å²) in [6.45, 7) is 0.0948. The molecule has 52 heavy (non-hydrogen) atoms. The Bertz CT molecular complexity index is 2630. The van der Waals surface area contributed by atoms with Crippen LogP contribution in [-0.2, 0) is 18.3 Å². The number of hydrogen-bond acceptors (Lipinski definition) is 3. The SMILES string of the molecule is c1ccc(C2(c3ccccc3)c3cc(-c4ncncn4)ccc3B3c4cc(-n5c6c(c7ccccc75)CCCC6)ccc4[Se]c4cccc2c43)cc1. The maximum absolute atomic E-state index is 4.61. The van der Waals surface area contributed by atoms with Gasteiger partial charge < -0.3 is 0 Å². The molecule has 11 rings (SSSR count). The van der Waals surface area contributed by atoms with E-state index in [4.69, 9.17) is 0 Å². The molecule has 2 aliphatic heterocycles. The van der Waals surface area contributed by atoms with E-state index in [-0.39, 0.29) is 21.7 Å². The summed E-state index contributed by atoms with van der Waals surface area (Å²) in [5.41, 5.74) is 15.5. The van der Waals surface area contributed by atoms with Gasteiger partial charge >= 0.3 is 311 Å². The van der Waals surface area contributed by atoms with Crippen molar-refractivity contribution in [2.75, 3.05) is 0 Å². The summed E-state index contributed by atoms with van der Waals surface area (Å²) < 4.78 is 5.53. The molecule has 6 aromatic carbocycles. The van der Waals surface area contributed by atoms with Gasteiger partial charge in [-0.05, 0) is 0 Å². The molecule has 2 aromatic heterocycles. The predicted molar refractivity (Wildman–Crippen MR) is 213 cm³/mol. The van der Waals surface area contributed by atoms with Gasteiger partial charge in [-0.3, -0.25) is 0 Å². The third-order valence-corrected chi connectivity index (χ3v) is 14.1. The van der Waals surface area contributed by atoms with Crippen molar-refractivity contribution in [2.45, 2.75) is 31.1 Å². The molecule has 8 aromatic rings. The fourth-order valence-corrected chi connectivity index (χ4v) is 12.0. The Morgan fingerprint density at radius 3 is 2.17 bits per heavy atom. The van der Waals surface area contributed by atoms with Crippen molar-refractivity contribution in [3.8, 4) is 17.1 Å². The van der Waals surface area contributed by atoms with E-state index in [2.05, 4.69) is 159 Å². The molecule has 0 atom stereocenters. The van der Waals surface area contributed by atoms with Crippen molar-refractivity contribution in [1.29, 1.82) is 0 Å². The molecular formula is C46H33BN4Se. The minimum atomic E-state index is -0.538. The topological polar surface area (TPSA) is 43.6 Å². The first kappa shape index (κ1) is 30.1. The molecule has 0 N–H and O–H groups in total. The number of nitrogens with zero attached hydrogens (tertiary/aromatic N) is 4. The monoisotopic (exact) mass is 732 g/mol. The third kappa shape index (κ3) is 4.26. The van der Waals surface area contributed by atoms with Crippen LogP contribution in [0.2, 0.25) is 0 Å². The second-order valence-electron chi connectivity index (χ2n) is 14.2. The third-order valence-electron chi connectivity index (χ3n) is 11.7. The Kier molecular flexibility index (Phi) is 6.80. The summed E-state index contributed by atoms with van der Waals surface area (Å²) in [6, 6.07) is 52.7. The summed E-state index contributed by atoms with van der Waals surface area (Å²) >= 11 is 0.162. The minimum absolute atomic E-state index is 0.0948. The van der Waals surface area contributed by atoms with Crippen LogP contribution in [0.25, 0.3) is 28.0 Å². The molecule has 4 nitrogen and oxygen atoms in total. The van der Waals surface area contributed by atoms with Crippen molar-refractivity contribution in [3.63, 3.8) is 0 Å². The molecule has 6 heteroatoms. The summed E-state index contributed by atoms with van der Waals surface area (Å²) in [5, 5.41) is 1.41. The van der Waals surface area contributed by atoms with Crippen LogP contribution >= 0.6 is 0 Å². The van der Waals surface area contributed by atoms with E-state index in [1.54, 1.807) is 18.2 Å². The van der Waals surface area contributed by atoms with Gasteiger partial charge in [0.1, 0.15) is 0 Å². The summed E-state index contributed by atoms with van der Waals surface area (Å²) in [5.74, 6) is 0.686. The van der Waals surface area contributed by atoms with Gasteiger partial charge in [0.25, 0.3) is 0 Å². The van der Waals surface area contributed by atoms with Crippen LogP contribution in [0.3, 0.4) is 0 Å². The van der Waals surface area contributed by atoms with Gasteiger partial charge in [0, 0.05) is 0 Å². The molecule has 1 aliphatic carbocycles. The zero-order valence-corrected chi connectivity index (χ0v) is 30.2. The van der Waals surface area contributed by atoms with Crippen molar-refractivity contribution < 1.29 is 0 Å². The fraction of sp³-hybridized carbons (Fsp3) is 0.109. The van der Waals surface area contributed by atoms with Crippen molar-refractivity contribution in [3.05, 3.63) is 186 Å². The van der Waals surface area contributed by atoms with E-state index < -0.39 is 5.41 Å². The molecule has 246 valence electrons. The van der Waals surface area contributed by atoms with Crippen LogP contribution in [0.4, 0.5) is 0 Å². The first-order valence-electron chi connectivity index (χ1n) is 18.3. The standard InChI is InChI=1S/C46H33BN4Se/c1-3-12-31(13-4-1)46(32-14-5-2-6-15-32)36-18-11-21-43-44(36)47(38-24-22-30(26-37(38)46)45-49-28-48-29-50-45)39-27-33(23-25-42(39)52-43)51-40-19-9-7-16-34(40)35-17-8-10-20-41(35)51/h1-7,9,11-16,18-19,21-29H,8,10,17,20H2. The molecule has 3 aliphatic rings. The summed E-state index contributed by atoms with van der Waals surface area (Å²) in [4.78, 5) is 13.4. The summed E-state index contributed by atoms with van der Waals surface area (Å²) in [6.07, 6.45) is 7.98. The van der Waals surface area contributed by atoms with E-state index >= 15 is 0 Å². The zero-order chi connectivity index (χ0) is 34.2. The van der Waals surface area contributed by atoms with Gasteiger partial charge in [-0.2, -0.15) is 0 Å². The molecule has 0 amide bonds. The molecular weight excluding hydrogens is 698 g/mol. The van der Waals surface area contributed by atoms with Gasteiger partial charge in [-0.25, -0.2) is 0 Å². The molecule has 0 radical (unpaired) electrons. The van der Waals surface area contributed by atoms with E-state index in [1.165, 1.54) is 82.7 Å². The average Bonchev–Trinajstić information content (AvgIpc) is 3.56. The van der Waals surface area contributed by atoms with E-state index in [1.807, 2.05) is 0 Å². The van der Waals surface area contributed by atoms with Crippen LogP contribution < -0.4 is 25.3 Å². The Labute approximate surface area is 309 Å². The van der Waals surface area contributed by atoms with Gasteiger partial charge in [-0.15, -0.1) is 0 Å². The molecule has 0 spiro atoms. The van der Waals surface area contributed by atoms with Crippen molar-refractivity contribution >= 4 is 57.9 Å². The van der Waals surface area contributed by atoms with E-state index in [0.717, 1.165) is 18.4 Å². The fourth-order valence-electron chi connectivity index (χ4n) is 9.61. The molecule has 4 heterocycles. The van der Waals surface area contributed by atoms with Gasteiger partial charge in [-0.1, -0.05) is 0 Å². The molecule has 0 saturated heterocycles. The van der Waals surface area contributed by atoms with Crippen molar-refractivity contribution in [1.82, 2.24) is 19.5 Å². The zero-order valence-electron chi connectivity index (χ0n) is 28.5. The van der Waals surface area contributed by atoms with Gasteiger partial charge in [0.2, 0.25) is 0 Å². The molecule has 0 saturated carbocycles. The van der Waals surface area contributed by atoms with Crippen LogP contribution in [0.1, 0.15) is 46.4 Å². The molecule has 0 bridgehead atoms. The number of hydrogen-bond donors (Lipinski definition) is 0. The van der Waals surface area contributed by atoms with E-state index in [0.29, 0.717) is 5.82 Å². The van der Waals surface area contributed by atoms with Crippen LogP contribution in [0.5, 0.6) is 0 Å². The van der Waals surface area contributed by atoms with Crippen LogP contribution in [-0.4, -0.2) is 41.2 Å². The number of rotatable bonds is 4. The van der Waals surface area contributed by atoms with Crippen LogP contribution in [0, 0.1) is 0 Å². The maximum atomic E-state index is 4.61.